The monoisotopic (exact) mass is 866 g/mol. The van der Waals surface area contributed by atoms with Crippen molar-refractivity contribution in [1.82, 2.24) is 0 Å². The topological polar surface area (TPSA) is 429 Å². The fraction of sp³-hybridized carbons (Fsp3) is 0.147. The van der Waals surface area contributed by atoms with Crippen molar-refractivity contribution in [2.24, 2.45) is 0 Å². The average Bonchev–Trinajstić information content (AvgIpc) is 3.16. The molecule has 0 saturated carbocycles. The van der Waals surface area contributed by atoms with Gasteiger partial charge in [0.25, 0.3) is 0 Å². The third-order valence-corrected chi connectivity index (χ3v) is 9.42. The lowest BCUT2D eigenvalue weighted by Gasteiger charge is -2.52. The van der Waals surface area contributed by atoms with Crippen molar-refractivity contribution in [3.05, 3.63) is 70.8 Å². The number of ketones is 4. The van der Waals surface area contributed by atoms with Gasteiger partial charge >= 0.3 is 0 Å². The normalized spacial score (nSPS) is 15.6. The fourth-order valence-corrected chi connectivity index (χ4v) is 6.26. The van der Waals surface area contributed by atoms with Crippen LogP contribution in [0.3, 0.4) is 0 Å². The molecule has 0 bridgehead atoms. The van der Waals surface area contributed by atoms with Crippen molar-refractivity contribution in [3.8, 4) is 69.0 Å². The van der Waals surface area contributed by atoms with Crippen molar-refractivity contribution in [2.45, 2.75) is 22.4 Å². The Labute approximate surface area is 322 Å². The summed E-state index contributed by atoms with van der Waals surface area (Å²) >= 11 is 2.10. The van der Waals surface area contributed by atoms with E-state index in [4.69, 9.17) is 0 Å². The number of carbonyl (C=O) groups is 5. The van der Waals surface area contributed by atoms with Crippen LogP contribution in [0, 0.1) is 0 Å². The number of hydrogen-bond donors (Lipinski definition) is 17. The van der Waals surface area contributed by atoms with E-state index in [0.29, 0.717) is 0 Å². The minimum absolute atomic E-state index is 0.0726. The third kappa shape index (κ3) is 6.15. The largest absolute Gasteiger partial charge is 0.504 e. The Morgan fingerprint density at radius 1 is 0.404 bits per heavy atom. The number of rotatable bonds is 13. The summed E-state index contributed by atoms with van der Waals surface area (Å²) in [7, 11) is 0. The number of aliphatic hydroxyl groups is 5. The maximum absolute atomic E-state index is 14.8. The maximum atomic E-state index is 14.8. The van der Waals surface area contributed by atoms with Gasteiger partial charge in [-0.05, 0) is 64.5 Å². The van der Waals surface area contributed by atoms with Gasteiger partial charge in [-0.25, -0.2) is 0 Å². The third-order valence-electron chi connectivity index (χ3n) is 8.85. The van der Waals surface area contributed by atoms with Gasteiger partial charge in [0.1, 0.15) is 0 Å². The number of Topliss-reactive ketones (excluding diaryl/α,β-unsaturated/α-hetero) is 4. The Bertz CT molecular complexity index is 2320. The number of aliphatic hydroxyl groups excluding tert-OH is 1. The van der Waals surface area contributed by atoms with E-state index >= 15 is 0 Å². The fourth-order valence-electron chi connectivity index (χ4n) is 5.79. The zero-order valence-electron chi connectivity index (χ0n) is 27.8. The van der Waals surface area contributed by atoms with Crippen molar-refractivity contribution in [2.75, 3.05) is 6.61 Å². The Morgan fingerprint density at radius 3 is 0.877 bits per heavy atom. The molecule has 17 N–H and O–H groups in total. The minimum atomic E-state index is -5.41. The van der Waals surface area contributed by atoms with E-state index in [2.05, 4.69) is 15.9 Å². The number of aromatic hydroxyl groups is 12. The Morgan fingerprint density at radius 2 is 0.632 bits per heavy atom. The molecule has 22 nitrogen and oxygen atoms in total. The molecule has 0 aliphatic heterocycles. The highest BCUT2D eigenvalue weighted by Crippen LogP contribution is 2.51. The van der Waals surface area contributed by atoms with Crippen molar-refractivity contribution in [1.29, 1.82) is 0 Å². The molecule has 0 aromatic heterocycles. The first-order valence-electron chi connectivity index (χ1n) is 15.1. The molecule has 0 unspecified atom stereocenters. The molecule has 0 fully saturated rings. The number of hydrogen-bond acceptors (Lipinski definition) is 22. The van der Waals surface area contributed by atoms with Crippen molar-refractivity contribution >= 4 is 43.8 Å². The summed E-state index contributed by atoms with van der Waals surface area (Å²) in [6, 6.07) is 0.942. The molecular formula is C34H27BrO22. The molecule has 4 aromatic rings. The quantitative estimate of drug-likeness (QED) is 0.0325. The first kappa shape index (κ1) is 42.8. The van der Waals surface area contributed by atoms with Crippen LogP contribution in [0.4, 0.5) is 0 Å². The number of halogens is 1. The smallest absolute Gasteiger partial charge is 0.241 e. The highest BCUT2D eigenvalue weighted by molar-refractivity contribution is 9.18. The van der Waals surface area contributed by atoms with E-state index in [1.165, 1.54) is 0 Å². The predicted octanol–water partition coefficient (Wildman–Crippen LogP) is -1.18. The molecule has 0 amide bonds. The molecule has 0 aliphatic carbocycles. The van der Waals surface area contributed by atoms with E-state index in [0.717, 1.165) is 0 Å². The summed E-state index contributed by atoms with van der Waals surface area (Å²) < 4.78 is -2.45. The minimum Gasteiger partial charge on any atom is -0.504 e. The molecule has 4 atom stereocenters. The predicted molar refractivity (Wildman–Crippen MR) is 184 cm³/mol. The van der Waals surface area contributed by atoms with Gasteiger partial charge in [-0.3, -0.25) is 24.0 Å². The van der Waals surface area contributed by atoms with Crippen LogP contribution in [0.2, 0.25) is 0 Å². The van der Waals surface area contributed by atoms with Gasteiger partial charge in [0.05, 0.1) is 6.61 Å². The molecule has 0 heterocycles. The van der Waals surface area contributed by atoms with Gasteiger partial charge in [-0.2, -0.15) is 0 Å². The number of phenols is 12. The highest BCUT2D eigenvalue weighted by Gasteiger charge is 2.81. The number of benzene rings is 4. The summed E-state index contributed by atoms with van der Waals surface area (Å²) in [6.45, 7) is -2.50. The van der Waals surface area contributed by atoms with Crippen LogP contribution >= 0.6 is 15.9 Å². The van der Waals surface area contributed by atoms with Gasteiger partial charge in [-0.15, -0.1) is 0 Å². The molecule has 302 valence electrons. The second kappa shape index (κ2) is 14.3. The standard InChI is InChI=1S/C34H27BrO22/c35-30(53)32(55,27(50)11-3-16(39)23(46)17(40)4-11)34(57,29(52)13-7-20(43)25(48)21(44)8-13)33(56,28(51)12-5-18(41)24(47)19(42)6-12)31(54,9-36)26(49)10-1-14(37)22(45)15(38)2-10/h1-8,36-48,54-57H,9H2/t31-,32-,33+,34+/m0/s1. The van der Waals surface area contributed by atoms with Crippen LogP contribution in [-0.2, 0) is 4.79 Å². The molecule has 4 aromatic carbocycles. The average molecular weight is 867 g/mol. The zero-order chi connectivity index (χ0) is 43.5. The Balaban J connectivity index is 2.35. The van der Waals surface area contributed by atoms with Gasteiger partial charge in [-0.1, -0.05) is 0 Å². The van der Waals surface area contributed by atoms with E-state index < -0.39 is 148 Å². The van der Waals surface area contributed by atoms with E-state index in [1.807, 2.05) is 0 Å². The second-order valence-corrected chi connectivity index (χ2v) is 12.9. The van der Waals surface area contributed by atoms with Gasteiger partial charge in [0.2, 0.25) is 44.6 Å². The van der Waals surface area contributed by atoms with Crippen LogP contribution in [0.25, 0.3) is 0 Å². The van der Waals surface area contributed by atoms with Crippen LogP contribution in [0.15, 0.2) is 48.5 Å². The summed E-state index contributed by atoms with van der Waals surface area (Å²) in [4.78, 5) is 71.7. The van der Waals surface area contributed by atoms with Crippen molar-refractivity contribution in [3.63, 3.8) is 0 Å². The van der Waals surface area contributed by atoms with Crippen LogP contribution in [-0.4, -0.2) is 144 Å². The van der Waals surface area contributed by atoms with E-state index in [-0.39, 0.29) is 48.5 Å². The van der Waals surface area contributed by atoms with E-state index in [9.17, 15) is 111 Å². The lowest BCUT2D eigenvalue weighted by atomic mass is 9.56. The van der Waals surface area contributed by atoms with Crippen LogP contribution < -0.4 is 0 Å². The number of carbonyl (C=O) groups excluding carboxylic acids is 5. The lowest BCUT2D eigenvalue weighted by Crippen LogP contribution is -2.85. The van der Waals surface area contributed by atoms with Gasteiger partial charge < -0.3 is 86.8 Å². The summed E-state index contributed by atoms with van der Waals surface area (Å²) in [5.74, 6) is -27.5. The van der Waals surface area contributed by atoms with Crippen LogP contribution in [0.1, 0.15) is 41.4 Å². The number of phenolic OH excluding ortho intramolecular Hbond substituents is 12. The van der Waals surface area contributed by atoms with Crippen molar-refractivity contribution < 1.29 is 111 Å². The Hall–Kier alpha value is -6.89. The summed E-state index contributed by atoms with van der Waals surface area (Å²) in [5, 5.41) is 181. The maximum Gasteiger partial charge on any atom is 0.241 e. The molecule has 0 spiro atoms. The van der Waals surface area contributed by atoms with Gasteiger partial charge in [0, 0.05) is 22.3 Å². The first-order valence-corrected chi connectivity index (χ1v) is 15.9. The molecule has 57 heavy (non-hydrogen) atoms. The molecule has 4 rings (SSSR count). The molecular weight excluding hydrogens is 840 g/mol. The molecule has 23 heteroatoms. The zero-order valence-corrected chi connectivity index (χ0v) is 29.4. The second-order valence-electron chi connectivity index (χ2n) is 12.2. The molecule has 0 saturated heterocycles. The Kier molecular flexibility index (Phi) is 10.8. The van der Waals surface area contributed by atoms with E-state index in [1.54, 1.807) is 0 Å². The molecule has 0 aliphatic rings. The summed E-state index contributed by atoms with van der Waals surface area (Å²) in [6.07, 6.45) is 0. The SMILES string of the molecule is O=C(Br)[C@@](O)(C(=O)c1cc(O)c(O)c(O)c1)[C@](O)(C(=O)c1cc(O)c(O)c(O)c1)[C@@](O)(C(=O)c1cc(O)c(O)c(O)c1)[C@](O)(CO)C(=O)c1cc(O)c(O)c(O)c1. The van der Waals surface area contributed by atoms with Gasteiger partial charge in [0.15, 0.2) is 74.6 Å². The van der Waals surface area contributed by atoms with Crippen LogP contribution in [0.5, 0.6) is 69.0 Å². The lowest BCUT2D eigenvalue weighted by molar-refractivity contribution is -0.229. The highest BCUT2D eigenvalue weighted by atomic mass is 79.9. The molecule has 0 radical (unpaired) electrons. The first-order chi connectivity index (χ1) is 26.2. The summed E-state index contributed by atoms with van der Waals surface area (Å²) in [5.41, 5.74) is -26.5.